The minimum absolute atomic E-state index is 0.0568. The van der Waals surface area contributed by atoms with Gasteiger partial charge in [-0.05, 0) is 74.9 Å². The predicted octanol–water partition coefficient (Wildman–Crippen LogP) is 5.97. The Morgan fingerprint density at radius 2 is 2.08 bits per heavy atom. The largest absolute Gasteiger partial charge is 0.468 e. The Bertz CT molecular complexity index is 1500. The molecule has 1 spiro atoms. The Hall–Kier alpha value is -3.34. The molecule has 3 atom stereocenters. The summed E-state index contributed by atoms with van der Waals surface area (Å²) in [6, 6.07) is 10.1. The van der Waals surface area contributed by atoms with Crippen LogP contribution in [0, 0.1) is 18.8 Å². The molecule has 1 aliphatic carbocycles. The average molecular weight is 555 g/mol. The number of nitrogens with one attached hydrogen (secondary N) is 1. The van der Waals surface area contributed by atoms with Gasteiger partial charge in [-0.3, -0.25) is 4.98 Å². The number of aromatic nitrogens is 4. The van der Waals surface area contributed by atoms with Gasteiger partial charge in [-0.1, -0.05) is 30.0 Å². The van der Waals surface area contributed by atoms with Crippen molar-refractivity contribution in [2.45, 2.75) is 49.5 Å². The van der Waals surface area contributed by atoms with Gasteiger partial charge in [0, 0.05) is 36.0 Å². The maximum Gasteiger partial charge on any atom is 0.468 e. The topological polar surface area (TPSA) is 77.2 Å². The monoisotopic (exact) mass is 554 g/mol. The van der Waals surface area contributed by atoms with Gasteiger partial charge >= 0.3 is 6.18 Å². The van der Waals surface area contributed by atoms with Crippen LogP contribution in [0.15, 0.2) is 64.6 Å². The quantitative estimate of drug-likeness (QED) is 0.299. The lowest BCUT2D eigenvalue weighted by atomic mass is 9.69. The van der Waals surface area contributed by atoms with Gasteiger partial charge in [0.15, 0.2) is 11.0 Å². The first-order valence-corrected chi connectivity index (χ1v) is 14.1. The van der Waals surface area contributed by atoms with E-state index >= 15 is 0 Å². The number of hydrogen-bond donors (Lipinski definition) is 1. The van der Waals surface area contributed by atoms with Gasteiger partial charge in [-0.15, -0.1) is 10.2 Å². The van der Waals surface area contributed by atoms with Crippen LogP contribution >= 0.6 is 11.8 Å². The first-order chi connectivity index (χ1) is 18.8. The average Bonchev–Trinajstić information content (AvgIpc) is 3.42. The number of rotatable bonds is 6. The fraction of sp³-hybridized carbons (Fsp3) is 0.429. The molecule has 0 bridgehead atoms. The molecular formula is C28H29F3N6OS. The number of pyridine rings is 1. The van der Waals surface area contributed by atoms with E-state index in [0.29, 0.717) is 18.7 Å². The summed E-state index contributed by atoms with van der Waals surface area (Å²) < 4.78 is 47.6. The molecule has 7 nitrogen and oxygen atoms in total. The molecule has 0 radical (unpaired) electrons. The van der Waals surface area contributed by atoms with Crippen molar-refractivity contribution in [2.24, 2.45) is 23.9 Å². The summed E-state index contributed by atoms with van der Waals surface area (Å²) in [6.07, 6.45) is 3.85. The van der Waals surface area contributed by atoms with Gasteiger partial charge in [-0.25, -0.2) is 4.99 Å². The van der Waals surface area contributed by atoms with Crippen LogP contribution in [0.1, 0.15) is 31.4 Å². The molecule has 0 amide bonds. The molecule has 39 heavy (non-hydrogen) atoms. The first-order valence-electron chi connectivity index (χ1n) is 13.1. The Labute approximate surface area is 228 Å². The minimum atomic E-state index is -4.60. The lowest BCUT2D eigenvalue weighted by molar-refractivity contribution is -0.0730. The molecule has 0 saturated carbocycles. The second kappa shape index (κ2) is 10.0. The van der Waals surface area contributed by atoms with Crippen molar-refractivity contribution in [1.29, 1.82) is 0 Å². The number of halogens is 3. The van der Waals surface area contributed by atoms with Crippen molar-refractivity contribution in [1.82, 2.24) is 25.1 Å². The van der Waals surface area contributed by atoms with E-state index in [1.807, 2.05) is 42.8 Å². The number of aliphatic imine (C=N–C) groups is 1. The Balaban J connectivity index is 1.14. The summed E-state index contributed by atoms with van der Waals surface area (Å²) in [5.41, 5.74) is 1.80. The van der Waals surface area contributed by atoms with Gasteiger partial charge in [0.1, 0.15) is 11.3 Å². The highest BCUT2D eigenvalue weighted by atomic mass is 32.2. The van der Waals surface area contributed by atoms with E-state index in [1.165, 1.54) is 0 Å². The second-order valence-electron chi connectivity index (χ2n) is 10.3. The summed E-state index contributed by atoms with van der Waals surface area (Å²) in [4.78, 5) is 8.76. The summed E-state index contributed by atoms with van der Waals surface area (Å²) in [5, 5.41) is 14.0. The maximum absolute atomic E-state index is 13.5. The van der Waals surface area contributed by atoms with Crippen LogP contribution in [0.3, 0.4) is 0 Å². The molecule has 2 aromatic heterocycles. The van der Waals surface area contributed by atoms with Gasteiger partial charge in [0.25, 0.3) is 5.90 Å². The number of hydrogen-bond acceptors (Lipinski definition) is 7. The number of aryl methyl sites for hydroxylation is 1. The number of fused-ring (bicyclic) bond motifs is 1. The number of alkyl halides is 3. The molecule has 6 rings (SSSR count). The van der Waals surface area contributed by atoms with Crippen LogP contribution in [0.4, 0.5) is 13.2 Å². The molecule has 3 aromatic rings. The SMILES string of the molecule is Cc1ccc2c(-c3nnc(SCCCC4CNC=CC56N=C(C(F)(F)F)OC5=CCCC46)n3C)cccc2n1. The van der Waals surface area contributed by atoms with Crippen molar-refractivity contribution in [3.63, 3.8) is 0 Å². The Morgan fingerprint density at radius 3 is 2.92 bits per heavy atom. The highest BCUT2D eigenvalue weighted by molar-refractivity contribution is 7.99. The Kier molecular flexibility index (Phi) is 6.65. The number of allylic oxidation sites excluding steroid dienone is 1. The maximum atomic E-state index is 13.5. The van der Waals surface area contributed by atoms with E-state index in [9.17, 15) is 13.2 Å². The van der Waals surface area contributed by atoms with Gasteiger partial charge < -0.3 is 14.6 Å². The zero-order valence-electron chi connectivity index (χ0n) is 21.7. The zero-order valence-corrected chi connectivity index (χ0v) is 22.5. The van der Waals surface area contributed by atoms with Crippen LogP contribution in [-0.2, 0) is 11.8 Å². The summed E-state index contributed by atoms with van der Waals surface area (Å²) in [6.45, 7) is 2.67. The van der Waals surface area contributed by atoms with Gasteiger partial charge in [0.2, 0.25) is 0 Å². The molecule has 11 heteroatoms. The van der Waals surface area contributed by atoms with E-state index in [2.05, 4.69) is 31.6 Å². The molecule has 2 aliphatic heterocycles. The summed E-state index contributed by atoms with van der Waals surface area (Å²) >= 11 is 1.64. The molecule has 1 N–H and O–H groups in total. The van der Waals surface area contributed by atoms with Crippen LogP contribution in [0.5, 0.6) is 0 Å². The van der Waals surface area contributed by atoms with E-state index < -0.39 is 17.6 Å². The summed E-state index contributed by atoms with van der Waals surface area (Å²) in [5.74, 6) is 0.884. The van der Waals surface area contributed by atoms with Gasteiger partial charge in [-0.2, -0.15) is 13.2 Å². The van der Waals surface area contributed by atoms with Crippen LogP contribution in [0.2, 0.25) is 0 Å². The first kappa shape index (κ1) is 25.9. The molecule has 1 aromatic carbocycles. The van der Waals surface area contributed by atoms with Crippen LogP contribution < -0.4 is 5.32 Å². The molecule has 4 heterocycles. The number of nitrogens with zero attached hydrogens (tertiary/aromatic N) is 5. The third-order valence-electron chi connectivity index (χ3n) is 7.80. The van der Waals surface area contributed by atoms with Crippen molar-refractivity contribution < 1.29 is 17.9 Å². The van der Waals surface area contributed by atoms with E-state index in [0.717, 1.165) is 58.2 Å². The Morgan fingerprint density at radius 1 is 1.21 bits per heavy atom. The molecular weight excluding hydrogens is 525 g/mol. The van der Waals surface area contributed by atoms with Crippen LogP contribution in [-0.4, -0.2) is 49.7 Å². The lowest BCUT2D eigenvalue weighted by Crippen LogP contribution is -2.41. The predicted molar refractivity (Wildman–Crippen MR) is 145 cm³/mol. The van der Waals surface area contributed by atoms with Crippen molar-refractivity contribution in [3.8, 4) is 11.4 Å². The third kappa shape index (κ3) is 4.70. The molecule has 0 fully saturated rings. The number of ether oxygens (including phenoxy) is 1. The minimum Gasteiger partial charge on any atom is -0.437 e. The van der Waals surface area contributed by atoms with Crippen molar-refractivity contribution in [3.05, 3.63) is 60.1 Å². The van der Waals surface area contributed by atoms with Crippen molar-refractivity contribution in [2.75, 3.05) is 12.3 Å². The molecule has 3 aliphatic rings. The molecule has 0 saturated heterocycles. The van der Waals surface area contributed by atoms with E-state index in [1.54, 1.807) is 30.1 Å². The highest BCUT2D eigenvalue weighted by Crippen LogP contribution is 2.50. The van der Waals surface area contributed by atoms with E-state index in [4.69, 9.17) is 4.74 Å². The molecule has 3 unspecified atom stereocenters. The van der Waals surface area contributed by atoms with Gasteiger partial charge in [0.05, 0.1) is 5.52 Å². The normalized spacial score (nSPS) is 24.3. The fourth-order valence-corrected chi connectivity index (χ4v) is 6.84. The number of thioether (sulfide) groups is 1. The smallest absolute Gasteiger partial charge is 0.437 e. The zero-order chi connectivity index (χ0) is 27.2. The third-order valence-corrected chi connectivity index (χ3v) is 8.91. The van der Waals surface area contributed by atoms with Crippen LogP contribution in [0.25, 0.3) is 22.3 Å². The second-order valence-corrected chi connectivity index (χ2v) is 11.3. The van der Waals surface area contributed by atoms with E-state index in [-0.39, 0.29) is 11.8 Å². The summed E-state index contributed by atoms with van der Waals surface area (Å²) in [7, 11) is 1.97. The number of benzene rings is 1. The van der Waals surface area contributed by atoms with Crippen molar-refractivity contribution >= 4 is 28.6 Å². The lowest BCUT2D eigenvalue weighted by Gasteiger charge is -2.38. The molecule has 204 valence electrons. The highest BCUT2D eigenvalue weighted by Gasteiger charge is 2.56. The fourth-order valence-electron chi connectivity index (χ4n) is 5.96. The standard InChI is InChI=1S/C28H29F3N6OS/c1-17-11-12-19-20(7-3-9-22(19)33-17)24-35-36-26(37(24)2)39-15-5-6-18-16-32-14-13-27-21(18)8-4-10-23(27)38-25(34-27)28(29,30)31/h3,7,9-14,18,21,32H,4-6,8,15-16H2,1-2H3.